The fourth-order valence-electron chi connectivity index (χ4n) is 4.90. The lowest BCUT2D eigenvalue weighted by Gasteiger charge is -2.36. The lowest BCUT2D eigenvalue weighted by molar-refractivity contribution is -0.245. The Morgan fingerprint density at radius 2 is 1.43 bits per heavy atom. The van der Waals surface area contributed by atoms with Crippen molar-refractivity contribution in [2.24, 2.45) is 0 Å². The number of amides is 2. The van der Waals surface area contributed by atoms with Gasteiger partial charge in [0.15, 0.2) is 11.4 Å². The summed E-state index contributed by atoms with van der Waals surface area (Å²) in [4.78, 5) is 35.4. The van der Waals surface area contributed by atoms with E-state index in [2.05, 4.69) is 9.97 Å². The maximum absolute atomic E-state index is 12.8. The number of ether oxygens (including phenoxy) is 2. The molecule has 3 atom stereocenters. The molecule has 202 valence electrons. The first kappa shape index (κ1) is 26.3. The summed E-state index contributed by atoms with van der Waals surface area (Å²) in [5.41, 5.74) is 4.41. The Bertz CT molecular complexity index is 1460. The van der Waals surface area contributed by atoms with Crippen LogP contribution in [0.2, 0.25) is 0 Å². The Morgan fingerprint density at radius 1 is 0.800 bits per heavy atom. The molecule has 6 rings (SSSR count). The van der Waals surface area contributed by atoms with Crippen LogP contribution < -0.4 is 0 Å². The normalized spacial score (nSPS) is 20.5. The van der Waals surface area contributed by atoms with Crippen LogP contribution in [-0.2, 0) is 22.6 Å². The SMILES string of the molecule is O=C1c2ccccc2C(=O)N1Cc1ccc([C@@H]2O[C@H](CSc3ncccn3)C[C@H](c3ccc(CO)cc3)O2)cc1. The van der Waals surface area contributed by atoms with Gasteiger partial charge in [-0.15, -0.1) is 0 Å². The number of hydrogen-bond donors (Lipinski definition) is 1. The summed E-state index contributed by atoms with van der Waals surface area (Å²) in [6, 6.07) is 24.1. The smallest absolute Gasteiger partial charge is 0.261 e. The van der Waals surface area contributed by atoms with E-state index < -0.39 is 6.29 Å². The largest absolute Gasteiger partial charge is 0.392 e. The molecule has 0 aliphatic carbocycles. The zero-order valence-electron chi connectivity index (χ0n) is 21.6. The number of fused-ring (bicyclic) bond motifs is 1. The molecule has 1 saturated heterocycles. The number of hydrogen-bond acceptors (Lipinski definition) is 8. The van der Waals surface area contributed by atoms with Crippen LogP contribution in [0.4, 0.5) is 0 Å². The number of thioether (sulfide) groups is 1. The van der Waals surface area contributed by atoms with Crippen molar-refractivity contribution < 1.29 is 24.2 Å². The van der Waals surface area contributed by atoms with E-state index >= 15 is 0 Å². The van der Waals surface area contributed by atoms with Gasteiger partial charge in [-0.05, 0) is 34.9 Å². The number of aliphatic hydroxyl groups is 1. The minimum atomic E-state index is -0.605. The van der Waals surface area contributed by atoms with Gasteiger partial charge in [0, 0.05) is 30.1 Å². The number of carbonyl (C=O) groups is 2. The summed E-state index contributed by atoms with van der Waals surface area (Å²) in [7, 11) is 0. The number of imide groups is 1. The highest BCUT2D eigenvalue weighted by Crippen LogP contribution is 2.39. The van der Waals surface area contributed by atoms with Crippen molar-refractivity contribution in [2.45, 2.75) is 43.2 Å². The highest BCUT2D eigenvalue weighted by atomic mass is 32.2. The van der Waals surface area contributed by atoms with E-state index in [0.29, 0.717) is 28.5 Å². The van der Waals surface area contributed by atoms with Crippen LogP contribution in [0.25, 0.3) is 0 Å². The van der Waals surface area contributed by atoms with Crippen molar-refractivity contribution in [3.05, 3.63) is 125 Å². The van der Waals surface area contributed by atoms with Crippen LogP contribution in [0.5, 0.6) is 0 Å². The van der Waals surface area contributed by atoms with Gasteiger partial charge < -0.3 is 14.6 Å². The Hall–Kier alpha value is -3.89. The molecule has 2 amide bonds. The molecule has 3 heterocycles. The zero-order valence-corrected chi connectivity index (χ0v) is 22.4. The molecule has 3 aromatic carbocycles. The molecule has 40 heavy (non-hydrogen) atoms. The number of benzene rings is 3. The van der Waals surface area contributed by atoms with Crippen molar-refractivity contribution >= 4 is 23.6 Å². The van der Waals surface area contributed by atoms with E-state index in [1.807, 2.05) is 48.5 Å². The predicted octanol–water partition coefficient (Wildman–Crippen LogP) is 5.10. The number of carbonyl (C=O) groups excluding carboxylic acids is 2. The zero-order chi connectivity index (χ0) is 27.5. The van der Waals surface area contributed by atoms with E-state index in [4.69, 9.17) is 9.47 Å². The van der Waals surface area contributed by atoms with Crippen molar-refractivity contribution in [2.75, 3.05) is 5.75 Å². The molecule has 9 heteroatoms. The maximum atomic E-state index is 12.8. The van der Waals surface area contributed by atoms with Gasteiger partial charge in [0.25, 0.3) is 11.8 Å². The average Bonchev–Trinajstić information content (AvgIpc) is 3.25. The van der Waals surface area contributed by atoms with Crippen LogP contribution >= 0.6 is 11.8 Å². The summed E-state index contributed by atoms with van der Waals surface area (Å²) < 4.78 is 12.8. The fraction of sp³-hybridized carbons (Fsp3) is 0.226. The van der Waals surface area contributed by atoms with Gasteiger partial charge in [0.1, 0.15) is 0 Å². The quantitative estimate of drug-likeness (QED) is 0.183. The van der Waals surface area contributed by atoms with Crippen molar-refractivity contribution in [1.29, 1.82) is 0 Å². The molecule has 4 aromatic rings. The second-order valence-electron chi connectivity index (χ2n) is 9.68. The van der Waals surface area contributed by atoms with Crippen LogP contribution in [-0.4, -0.2) is 43.6 Å². The first-order chi connectivity index (χ1) is 19.6. The van der Waals surface area contributed by atoms with Gasteiger partial charge >= 0.3 is 0 Å². The van der Waals surface area contributed by atoms with Crippen LogP contribution in [0.1, 0.15) is 61.8 Å². The molecule has 2 aliphatic heterocycles. The van der Waals surface area contributed by atoms with E-state index in [1.165, 1.54) is 16.7 Å². The summed E-state index contributed by atoms with van der Waals surface area (Å²) in [5.74, 6) is 0.107. The summed E-state index contributed by atoms with van der Waals surface area (Å²) in [6.45, 7) is 0.177. The van der Waals surface area contributed by atoms with Gasteiger partial charge in [-0.3, -0.25) is 14.5 Å². The molecular weight excluding hydrogens is 526 g/mol. The molecular formula is C31H27N3O5S. The molecule has 0 unspecified atom stereocenters. The fourth-order valence-corrected chi connectivity index (χ4v) is 5.72. The minimum Gasteiger partial charge on any atom is -0.392 e. The summed E-state index contributed by atoms with van der Waals surface area (Å²) in [5, 5.41) is 10.1. The standard InChI is InChI=1S/C31H27N3O5S/c35-18-21-8-10-22(11-9-21)27-16-24(19-40-31-32-14-3-15-33-31)38-30(39-27)23-12-6-20(7-13-23)17-34-28(36)25-4-1-2-5-26(25)29(34)37/h1-15,24,27,30,35H,16-19H2/t24-,27+,30+/m0/s1. The summed E-state index contributed by atoms with van der Waals surface area (Å²) >= 11 is 1.54. The lowest BCUT2D eigenvalue weighted by Crippen LogP contribution is -2.31. The van der Waals surface area contributed by atoms with Gasteiger partial charge in [0.2, 0.25) is 0 Å². The highest BCUT2D eigenvalue weighted by molar-refractivity contribution is 7.99. The molecule has 0 spiro atoms. The molecule has 0 bridgehead atoms. The molecule has 1 fully saturated rings. The monoisotopic (exact) mass is 553 g/mol. The Labute approximate surface area is 236 Å². The Kier molecular flexibility index (Phi) is 7.70. The van der Waals surface area contributed by atoms with E-state index in [0.717, 1.165) is 22.3 Å². The third-order valence-corrected chi connectivity index (χ3v) is 8.03. The first-order valence-electron chi connectivity index (χ1n) is 13.0. The van der Waals surface area contributed by atoms with Gasteiger partial charge in [-0.2, -0.15) is 0 Å². The topological polar surface area (TPSA) is 102 Å². The molecule has 2 aliphatic rings. The Morgan fingerprint density at radius 3 is 2.08 bits per heavy atom. The average molecular weight is 554 g/mol. The molecule has 1 aromatic heterocycles. The van der Waals surface area contributed by atoms with Crippen molar-refractivity contribution in [1.82, 2.24) is 14.9 Å². The number of nitrogens with zero attached hydrogens (tertiary/aromatic N) is 3. The second kappa shape index (κ2) is 11.7. The highest BCUT2D eigenvalue weighted by Gasteiger charge is 2.35. The van der Waals surface area contributed by atoms with Gasteiger partial charge in [0.05, 0.1) is 36.5 Å². The van der Waals surface area contributed by atoms with Crippen LogP contribution in [0, 0.1) is 0 Å². The number of aromatic nitrogens is 2. The van der Waals surface area contributed by atoms with E-state index in [-0.39, 0.29) is 37.2 Å². The first-order valence-corrected chi connectivity index (χ1v) is 14.0. The third-order valence-electron chi connectivity index (χ3n) is 7.03. The van der Waals surface area contributed by atoms with Crippen LogP contribution in [0.15, 0.2) is 96.4 Å². The predicted molar refractivity (Wildman–Crippen MR) is 148 cm³/mol. The molecule has 1 N–H and O–H groups in total. The summed E-state index contributed by atoms with van der Waals surface area (Å²) in [6.07, 6.45) is 3.18. The van der Waals surface area contributed by atoms with Gasteiger partial charge in [-0.1, -0.05) is 72.4 Å². The number of rotatable bonds is 8. The van der Waals surface area contributed by atoms with Crippen molar-refractivity contribution in [3.8, 4) is 0 Å². The number of aliphatic hydroxyl groups excluding tert-OH is 1. The maximum Gasteiger partial charge on any atom is 0.261 e. The van der Waals surface area contributed by atoms with Crippen LogP contribution in [0.3, 0.4) is 0 Å². The van der Waals surface area contributed by atoms with Crippen molar-refractivity contribution in [3.63, 3.8) is 0 Å². The Balaban J connectivity index is 1.18. The molecule has 0 radical (unpaired) electrons. The van der Waals surface area contributed by atoms with E-state index in [1.54, 1.807) is 42.7 Å². The lowest BCUT2D eigenvalue weighted by atomic mass is 10.0. The third kappa shape index (κ3) is 5.55. The van der Waals surface area contributed by atoms with E-state index in [9.17, 15) is 14.7 Å². The second-order valence-corrected chi connectivity index (χ2v) is 10.7. The molecule has 8 nitrogen and oxygen atoms in total. The minimum absolute atomic E-state index is 0.0130. The van der Waals surface area contributed by atoms with Gasteiger partial charge in [-0.25, -0.2) is 9.97 Å². The molecule has 0 saturated carbocycles.